The van der Waals surface area contributed by atoms with Crippen molar-refractivity contribution in [2.45, 2.75) is 37.8 Å². The van der Waals surface area contributed by atoms with Gasteiger partial charge < -0.3 is 10.2 Å². The van der Waals surface area contributed by atoms with Gasteiger partial charge in [0.1, 0.15) is 12.1 Å². The molecule has 0 atom stereocenters. The number of amides is 4. The Bertz CT molecular complexity index is 1220. The lowest BCUT2D eigenvalue weighted by Gasteiger charge is -2.22. The van der Waals surface area contributed by atoms with E-state index in [1.165, 1.54) is 0 Å². The lowest BCUT2D eigenvalue weighted by molar-refractivity contribution is -0.138. The number of nitrogens with zero attached hydrogens (tertiary/aromatic N) is 4. The molecule has 34 heavy (non-hydrogen) atoms. The molecule has 174 valence electrons. The quantitative estimate of drug-likeness (QED) is 0.575. The van der Waals surface area contributed by atoms with Crippen LogP contribution in [0, 0.1) is 0 Å². The van der Waals surface area contributed by atoms with Gasteiger partial charge >= 0.3 is 6.03 Å². The van der Waals surface area contributed by atoms with Crippen LogP contribution in [0.1, 0.15) is 31.2 Å². The van der Waals surface area contributed by atoms with Crippen LogP contribution in [0.5, 0.6) is 0 Å². The molecule has 1 aromatic heterocycles. The van der Waals surface area contributed by atoms with E-state index in [4.69, 9.17) is 5.10 Å². The van der Waals surface area contributed by atoms with E-state index in [1.807, 2.05) is 66.9 Å². The predicted molar refractivity (Wildman–Crippen MR) is 127 cm³/mol. The smallest absolute Gasteiger partial charge is 0.325 e. The highest BCUT2D eigenvalue weighted by Crippen LogP contribution is 2.35. The second-order valence-corrected chi connectivity index (χ2v) is 9.01. The van der Waals surface area contributed by atoms with E-state index in [0.29, 0.717) is 19.4 Å². The van der Waals surface area contributed by atoms with Gasteiger partial charge in [0.2, 0.25) is 5.91 Å². The average Bonchev–Trinajstić information content (AvgIpc) is 3.56. The third-order valence-electron chi connectivity index (χ3n) is 6.69. The number of nitrogens with one attached hydrogen (secondary N) is 1. The highest BCUT2D eigenvalue weighted by atomic mass is 16.2. The molecule has 1 aliphatic heterocycles. The predicted octanol–water partition coefficient (Wildman–Crippen LogP) is 3.36. The first kappa shape index (κ1) is 21.9. The number of rotatable bonds is 6. The third-order valence-corrected chi connectivity index (χ3v) is 6.69. The molecule has 1 N–H and O–H groups in total. The Morgan fingerprint density at radius 1 is 1.03 bits per heavy atom. The molecule has 8 nitrogen and oxygen atoms in total. The molecule has 5 rings (SSSR count). The lowest BCUT2D eigenvalue weighted by Crippen LogP contribution is -2.45. The standard InChI is InChI=1S/C26H27N5O3/c1-29(22(32)18-30-24(33)26(27-25(30)34)14-8-9-15-26)16-20-17-31(21-12-6-3-7-13-21)28-23(20)19-10-4-2-5-11-19/h2-7,10-13,17H,8-9,14-16,18H2,1H3,(H,27,34). The summed E-state index contributed by atoms with van der Waals surface area (Å²) < 4.78 is 1.80. The van der Waals surface area contributed by atoms with Crippen LogP contribution in [0.3, 0.4) is 0 Å². The highest BCUT2D eigenvalue weighted by molar-refractivity contribution is 6.09. The van der Waals surface area contributed by atoms with Crippen LogP contribution >= 0.6 is 0 Å². The number of aromatic nitrogens is 2. The van der Waals surface area contributed by atoms with Crippen molar-refractivity contribution < 1.29 is 14.4 Å². The molecule has 2 aromatic carbocycles. The summed E-state index contributed by atoms with van der Waals surface area (Å²) in [6.07, 6.45) is 5.00. The Morgan fingerprint density at radius 2 is 1.68 bits per heavy atom. The normalized spacial score (nSPS) is 16.8. The van der Waals surface area contributed by atoms with Gasteiger partial charge in [0.25, 0.3) is 5.91 Å². The molecule has 0 unspecified atom stereocenters. The number of imide groups is 1. The molecule has 4 amide bonds. The molecule has 0 radical (unpaired) electrons. The van der Waals surface area contributed by atoms with E-state index in [1.54, 1.807) is 16.6 Å². The van der Waals surface area contributed by atoms with Gasteiger partial charge in [-0.2, -0.15) is 5.10 Å². The summed E-state index contributed by atoms with van der Waals surface area (Å²) in [6.45, 7) is 0.0289. The largest absolute Gasteiger partial charge is 0.340 e. The highest BCUT2D eigenvalue weighted by Gasteiger charge is 2.52. The molecule has 1 saturated heterocycles. The van der Waals surface area contributed by atoms with Gasteiger partial charge in [-0.3, -0.25) is 14.5 Å². The molecular formula is C26H27N5O3. The van der Waals surface area contributed by atoms with Gasteiger partial charge in [0.15, 0.2) is 0 Å². The molecule has 0 bridgehead atoms. The van der Waals surface area contributed by atoms with Crippen molar-refractivity contribution in [2.24, 2.45) is 0 Å². The SMILES string of the molecule is CN(Cc1cn(-c2ccccc2)nc1-c1ccccc1)C(=O)CN1C(=O)NC2(CCCC2)C1=O. The van der Waals surface area contributed by atoms with E-state index in [2.05, 4.69) is 5.32 Å². The first-order chi connectivity index (χ1) is 16.5. The minimum Gasteiger partial charge on any atom is -0.340 e. The molecule has 1 aliphatic carbocycles. The van der Waals surface area contributed by atoms with Crippen molar-refractivity contribution in [3.8, 4) is 16.9 Å². The number of urea groups is 1. The summed E-state index contributed by atoms with van der Waals surface area (Å²) in [5.41, 5.74) is 2.71. The van der Waals surface area contributed by atoms with Crippen LogP contribution in [0.15, 0.2) is 66.9 Å². The fraction of sp³-hybridized carbons (Fsp3) is 0.308. The van der Waals surface area contributed by atoms with Gasteiger partial charge in [0.05, 0.1) is 11.4 Å². The topological polar surface area (TPSA) is 87.5 Å². The fourth-order valence-electron chi connectivity index (χ4n) is 4.81. The monoisotopic (exact) mass is 457 g/mol. The Labute approximate surface area is 198 Å². The van der Waals surface area contributed by atoms with E-state index >= 15 is 0 Å². The summed E-state index contributed by atoms with van der Waals surface area (Å²) in [5, 5.41) is 7.62. The number of hydrogen-bond acceptors (Lipinski definition) is 4. The average molecular weight is 458 g/mol. The summed E-state index contributed by atoms with van der Waals surface area (Å²) >= 11 is 0. The van der Waals surface area contributed by atoms with Crippen molar-refractivity contribution >= 4 is 17.8 Å². The molecule has 1 spiro atoms. The first-order valence-electron chi connectivity index (χ1n) is 11.5. The second kappa shape index (κ2) is 8.78. The molecule has 2 fully saturated rings. The van der Waals surface area contributed by atoms with Gasteiger partial charge in [0, 0.05) is 30.9 Å². The molecule has 2 heterocycles. The summed E-state index contributed by atoms with van der Waals surface area (Å²) in [4.78, 5) is 41.0. The third kappa shape index (κ3) is 3.96. The first-order valence-corrected chi connectivity index (χ1v) is 11.5. The molecule has 1 saturated carbocycles. The Balaban J connectivity index is 1.36. The Morgan fingerprint density at radius 3 is 2.35 bits per heavy atom. The minimum atomic E-state index is -0.812. The van der Waals surface area contributed by atoms with Crippen molar-refractivity contribution in [2.75, 3.05) is 13.6 Å². The number of carbonyl (C=O) groups excluding carboxylic acids is 3. The maximum atomic E-state index is 13.0. The minimum absolute atomic E-state index is 0.267. The van der Waals surface area contributed by atoms with E-state index in [-0.39, 0.29) is 18.4 Å². The van der Waals surface area contributed by atoms with Gasteiger partial charge in [-0.05, 0) is 25.0 Å². The van der Waals surface area contributed by atoms with Crippen LogP contribution < -0.4 is 5.32 Å². The summed E-state index contributed by atoms with van der Waals surface area (Å²) in [7, 11) is 1.68. The number of hydrogen-bond donors (Lipinski definition) is 1. The zero-order chi connectivity index (χ0) is 23.7. The van der Waals surface area contributed by atoms with Crippen molar-refractivity contribution in [1.29, 1.82) is 0 Å². The van der Waals surface area contributed by atoms with Crippen LogP contribution in [-0.2, 0) is 16.1 Å². The summed E-state index contributed by atoms with van der Waals surface area (Å²) in [5.74, 6) is -0.580. The molecule has 8 heteroatoms. The lowest BCUT2D eigenvalue weighted by atomic mass is 9.98. The zero-order valence-corrected chi connectivity index (χ0v) is 19.1. The van der Waals surface area contributed by atoms with Crippen LogP contribution in [0.2, 0.25) is 0 Å². The van der Waals surface area contributed by atoms with E-state index in [9.17, 15) is 14.4 Å². The Kier molecular flexibility index (Phi) is 5.65. The van der Waals surface area contributed by atoms with Gasteiger partial charge in [-0.25, -0.2) is 9.48 Å². The maximum Gasteiger partial charge on any atom is 0.325 e. The van der Waals surface area contributed by atoms with Crippen molar-refractivity contribution in [3.63, 3.8) is 0 Å². The second-order valence-electron chi connectivity index (χ2n) is 9.01. The Hall–Kier alpha value is -3.94. The zero-order valence-electron chi connectivity index (χ0n) is 19.1. The number of para-hydroxylation sites is 1. The molecule has 3 aromatic rings. The van der Waals surface area contributed by atoms with Crippen LogP contribution in [-0.4, -0.2) is 56.6 Å². The van der Waals surface area contributed by atoms with E-state index < -0.39 is 11.6 Å². The van der Waals surface area contributed by atoms with Gasteiger partial charge in [-0.1, -0.05) is 61.4 Å². The van der Waals surface area contributed by atoms with Crippen molar-refractivity contribution in [3.05, 3.63) is 72.4 Å². The number of carbonyl (C=O) groups is 3. The van der Waals surface area contributed by atoms with E-state index in [0.717, 1.165) is 40.2 Å². The maximum absolute atomic E-state index is 13.0. The molecule has 2 aliphatic rings. The molecular weight excluding hydrogens is 430 g/mol. The van der Waals surface area contributed by atoms with Crippen LogP contribution in [0.25, 0.3) is 16.9 Å². The summed E-state index contributed by atoms with van der Waals surface area (Å²) in [6, 6.07) is 19.1. The van der Waals surface area contributed by atoms with Crippen molar-refractivity contribution in [1.82, 2.24) is 24.9 Å². The number of likely N-dealkylation sites (N-methyl/N-ethyl adjacent to an activating group) is 1. The van der Waals surface area contributed by atoms with Gasteiger partial charge in [-0.15, -0.1) is 0 Å². The van der Waals surface area contributed by atoms with Crippen LogP contribution in [0.4, 0.5) is 4.79 Å². The number of benzene rings is 2. The fourth-order valence-corrected chi connectivity index (χ4v) is 4.81.